The Labute approximate surface area is 114 Å². The summed E-state index contributed by atoms with van der Waals surface area (Å²) in [5.41, 5.74) is 7.05. The normalized spacial score (nSPS) is 12.9. The standard InChI is InChI=1S/C15H22N4/c1-11(2)13(16)8-9-19(3)15-17-10-12-6-4-5-7-14(12)18-15/h4-7,10-11,13H,8-9,16H2,1-3H3. The number of nitrogens with zero attached hydrogens (tertiary/aromatic N) is 3. The fourth-order valence-corrected chi connectivity index (χ4v) is 1.92. The molecule has 0 bridgehead atoms. The van der Waals surface area contributed by atoms with Crippen LogP contribution in [-0.4, -0.2) is 29.6 Å². The average Bonchev–Trinajstić information content (AvgIpc) is 2.43. The summed E-state index contributed by atoms with van der Waals surface area (Å²) in [7, 11) is 2.01. The zero-order valence-corrected chi connectivity index (χ0v) is 11.9. The number of rotatable bonds is 5. The molecule has 2 rings (SSSR count). The molecule has 102 valence electrons. The molecule has 1 unspecified atom stereocenters. The Balaban J connectivity index is 2.06. The summed E-state index contributed by atoms with van der Waals surface area (Å²) in [6.45, 7) is 5.17. The van der Waals surface area contributed by atoms with Gasteiger partial charge in [-0.05, 0) is 18.4 Å². The Morgan fingerprint density at radius 1 is 1.26 bits per heavy atom. The lowest BCUT2D eigenvalue weighted by Gasteiger charge is -2.21. The molecule has 1 heterocycles. The van der Waals surface area contributed by atoms with Crippen molar-refractivity contribution in [1.29, 1.82) is 0 Å². The first-order valence-electron chi connectivity index (χ1n) is 6.76. The lowest BCUT2D eigenvalue weighted by atomic mass is 10.0. The van der Waals surface area contributed by atoms with Crippen molar-refractivity contribution >= 4 is 16.9 Å². The van der Waals surface area contributed by atoms with E-state index in [0.29, 0.717) is 5.92 Å². The van der Waals surface area contributed by atoms with E-state index in [4.69, 9.17) is 5.73 Å². The SMILES string of the molecule is CC(C)C(N)CCN(C)c1ncc2ccccc2n1. The van der Waals surface area contributed by atoms with Gasteiger partial charge in [-0.25, -0.2) is 9.97 Å². The summed E-state index contributed by atoms with van der Waals surface area (Å²) in [5.74, 6) is 1.26. The maximum Gasteiger partial charge on any atom is 0.225 e. The van der Waals surface area contributed by atoms with E-state index in [1.165, 1.54) is 0 Å². The number of nitrogens with two attached hydrogens (primary N) is 1. The Bertz CT molecular complexity index is 538. The maximum atomic E-state index is 6.07. The van der Waals surface area contributed by atoms with Gasteiger partial charge < -0.3 is 10.6 Å². The molecule has 2 aromatic rings. The van der Waals surface area contributed by atoms with E-state index >= 15 is 0 Å². The van der Waals surface area contributed by atoms with Crippen LogP contribution in [0.2, 0.25) is 0 Å². The van der Waals surface area contributed by atoms with Gasteiger partial charge in [0.25, 0.3) is 0 Å². The minimum absolute atomic E-state index is 0.225. The molecule has 0 amide bonds. The second kappa shape index (κ2) is 5.97. The van der Waals surface area contributed by atoms with Crippen LogP contribution in [0.4, 0.5) is 5.95 Å². The van der Waals surface area contributed by atoms with Gasteiger partial charge in [0.05, 0.1) is 5.52 Å². The Hall–Kier alpha value is -1.68. The molecule has 4 nitrogen and oxygen atoms in total. The van der Waals surface area contributed by atoms with Gasteiger partial charge in [-0.3, -0.25) is 0 Å². The number of hydrogen-bond donors (Lipinski definition) is 1. The van der Waals surface area contributed by atoms with Crippen LogP contribution < -0.4 is 10.6 Å². The predicted octanol–water partition coefficient (Wildman–Crippen LogP) is 2.44. The van der Waals surface area contributed by atoms with Gasteiger partial charge in [0.1, 0.15) is 0 Å². The Morgan fingerprint density at radius 3 is 2.74 bits per heavy atom. The topological polar surface area (TPSA) is 55.0 Å². The largest absolute Gasteiger partial charge is 0.344 e. The van der Waals surface area contributed by atoms with Gasteiger partial charge in [-0.2, -0.15) is 0 Å². The van der Waals surface area contributed by atoms with Crippen molar-refractivity contribution in [1.82, 2.24) is 9.97 Å². The van der Waals surface area contributed by atoms with Crippen molar-refractivity contribution in [3.05, 3.63) is 30.5 Å². The smallest absolute Gasteiger partial charge is 0.225 e. The van der Waals surface area contributed by atoms with E-state index in [9.17, 15) is 0 Å². The van der Waals surface area contributed by atoms with Crippen molar-refractivity contribution in [2.75, 3.05) is 18.5 Å². The van der Waals surface area contributed by atoms with Crippen molar-refractivity contribution in [3.8, 4) is 0 Å². The fraction of sp³-hybridized carbons (Fsp3) is 0.467. The molecule has 0 saturated carbocycles. The molecule has 2 N–H and O–H groups in total. The summed E-state index contributed by atoms with van der Waals surface area (Å²) in [6, 6.07) is 8.25. The van der Waals surface area contributed by atoms with Crippen LogP contribution in [0, 0.1) is 5.92 Å². The van der Waals surface area contributed by atoms with E-state index in [1.807, 2.05) is 37.5 Å². The van der Waals surface area contributed by atoms with Crippen LogP contribution in [0.3, 0.4) is 0 Å². The first-order chi connectivity index (χ1) is 9.08. The van der Waals surface area contributed by atoms with Crippen molar-refractivity contribution in [2.24, 2.45) is 11.7 Å². The van der Waals surface area contributed by atoms with E-state index in [-0.39, 0.29) is 6.04 Å². The van der Waals surface area contributed by atoms with Gasteiger partial charge in [0, 0.05) is 31.2 Å². The molecule has 4 heteroatoms. The minimum Gasteiger partial charge on any atom is -0.344 e. The molecule has 1 aromatic heterocycles. The van der Waals surface area contributed by atoms with Crippen LogP contribution >= 0.6 is 0 Å². The van der Waals surface area contributed by atoms with Crippen LogP contribution in [0.15, 0.2) is 30.5 Å². The highest BCUT2D eigenvalue weighted by molar-refractivity contribution is 5.78. The second-order valence-corrected chi connectivity index (χ2v) is 5.35. The van der Waals surface area contributed by atoms with Crippen LogP contribution in [0.25, 0.3) is 10.9 Å². The molecule has 0 aliphatic heterocycles. The van der Waals surface area contributed by atoms with Gasteiger partial charge in [-0.15, -0.1) is 0 Å². The molecular weight excluding hydrogens is 236 g/mol. The molecular formula is C15H22N4. The number of para-hydroxylation sites is 1. The quantitative estimate of drug-likeness (QED) is 0.895. The highest BCUT2D eigenvalue weighted by Gasteiger charge is 2.10. The van der Waals surface area contributed by atoms with Gasteiger partial charge in [0.15, 0.2) is 0 Å². The molecule has 19 heavy (non-hydrogen) atoms. The fourth-order valence-electron chi connectivity index (χ4n) is 1.92. The molecule has 0 fully saturated rings. The van der Waals surface area contributed by atoms with E-state index in [1.54, 1.807) is 0 Å². The number of hydrogen-bond acceptors (Lipinski definition) is 4. The van der Waals surface area contributed by atoms with E-state index in [0.717, 1.165) is 29.8 Å². The van der Waals surface area contributed by atoms with Crippen molar-refractivity contribution in [2.45, 2.75) is 26.3 Å². The monoisotopic (exact) mass is 258 g/mol. The molecule has 0 aliphatic rings. The number of fused-ring (bicyclic) bond motifs is 1. The highest BCUT2D eigenvalue weighted by atomic mass is 15.2. The Morgan fingerprint density at radius 2 is 2.00 bits per heavy atom. The first kappa shape index (κ1) is 13.7. The third-order valence-electron chi connectivity index (χ3n) is 3.47. The number of aromatic nitrogens is 2. The molecule has 0 spiro atoms. The minimum atomic E-state index is 0.225. The lowest BCUT2D eigenvalue weighted by Crippen LogP contribution is -2.32. The number of anilines is 1. The molecule has 1 aromatic carbocycles. The summed E-state index contributed by atoms with van der Waals surface area (Å²) in [5, 5.41) is 1.07. The Kier molecular flexibility index (Phi) is 4.32. The zero-order valence-electron chi connectivity index (χ0n) is 11.9. The van der Waals surface area contributed by atoms with Crippen LogP contribution in [-0.2, 0) is 0 Å². The van der Waals surface area contributed by atoms with Gasteiger partial charge in [-0.1, -0.05) is 32.0 Å². The van der Waals surface area contributed by atoms with Crippen molar-refractivity contribution in [3.63, 3.8) is 0 Å². The lowest BCUT2D eigenvalue weighted by molar-refractivity contribution is 0.465. The van der Waals surface area contributed by atoms with Crippen molar-refractivity contribution < 1.29 is 0 Å². The molecule has 0 radical (unpaired) electrons. The van der Waals surface area contributed by atoms with Crippen LogP contribution in [0.1, 0.15) is 20.3 Å². The third kappa shape index (κ3) is 3.41. The summed E-state index contributed by atoms with van der Waals surface area (Å²) in [6.07, 6.45) is 2.82. The van der Waals surface area contributed by atoms with E-state index in [2.05, 4.69) is 28.7 Å². The summed E-state index contributed by atoms with van der Waals surface area (Å²) < 4.78 is 0. The summed E-state index contributed by atoms with van der Waals surface area (Å²) >= 11 is 0. The third-order valence-corrected chi connectivity index (χ3v) is 3.47. The molecule has 0 saturated heterocycles. The predicted molar refractivity (Wildman–Crippen MR) is 80.2 cm³/mol. The average molecular weight is 258 g/mol. The van der Waals surface area contributed by atoms with Crippen LogP contribution in [0.5, 0.6) is 0 Å². The number of benzene rings is 1. The zero-order chi connectivity index (χ0) is 13.8. The molecule has 1 atom stereocenters. The molecule has 0 aliphatic carbocycles. The first-order valence-corrected chi connectivity index (χ1v) is 6.76. The highest BCUT2D eigenvalue weighted by Crippen LogP contribution is 2.14. The maximum absolute atomic E-state index is 6.07. The second-order valence-electron chi connectivity index (χ2n) is 5.35. The van der Waals surface area contributed by atoms with E-state index < -0.39 is 0 Å². The van der Waals surface area contributed by atoms with Gasteiger partial charge >= 0.3 is 0 Å². The van der Waals surface area contributed by atoms with Gasteiger partial charge in [0.2, 0.25) is 5.95 Å². The summed E-state index contributed by atoms with van der Waals surface area (Å²) in [4.78, 5) is 11.0.